The van der Waals surface area contributed by atoms with Gasteiger partial charge in [0.15, 0.2) is 0 Å². The lowest BCUT2D eigenvalue weighted by molar-refractivity contribution is 0.562. The predicted molar refractivity (Wildman–Crippen MR) is 85.6 cm³/mol. The summed E-state index contributed by atoms with van der Waals surface area (Å²) in [6, 6.07) is 0. The van der Waals surface area contributed by atoms with E-state index >= 15 is 0 Å². The van der Waals surface area contributed by atoms with Crippen molar-refractivity contribution >= 4 is 17.6 Å². The molecule has 0 amide bonds. The van der Waals surface area contributed by atoms with E-state index in [1.54, 1.807) is 6.21 Å². The molecule has 0 aromatic heterocycles. The SMILES string of the molecule is Cc1c(C)c(C)c(/C=N/[S@+]([O-])C(C)(C)C)c(C)c1C. The molecule has 0 bridgehead atoms. The maximum absolute atomic E-state index is 12.0. The van der Waals surface area contributed by atoms with Crippen molar-refractivity contribution in [3.63, 3.8) is 0 Å². The summed E-state index contributed by atoms with van der Waals surface area (Å²) >= 11 is -1.20. The summed E-state index contributed by atoms with van der Waals surface area (Å²) in [5, 5.41) is 0. The number of nitrogens with zero attached hydrogens (tertiary/aromatic N) is 1. The summed E-state index contributed by atoms with van der Waals surface area (Å²) in [6.45, 7) is 16.4. The van der Waals surface area contributed by atoms with E-state index in [1.165, 1.54) is 27.8 Å². The van der Waals surface area contributed by atoms with Gasteiger partial charge in [-0.25, -0.2) is 0 Å². The molecule has 0 saturated heterocycles. The molecule has 0 aliphatic heterocycles. The molecule has 1 aromatic rings. The van der Waals surface area contributed by atoms with Crippen molar-refractivity contribution in [3.05, 3.63) is 33.4 Å². The van der Waals surface area contributed by atoms with Crippen LogP contribution in [0, 0.1) is 34.6 Å². The summed E-state index contributed by atoms with van der Waals surface area (Å²) in [4.78, 5) is 0. The molecule has 19 heavy (non-hydrogen) atoms. The van der Waals surface area contributed by atoms with E-state index < -0.39 is 11.4 Å². The second kappa shape index (κ2) is 5.68. The number of rotatable bonds is 2. The van der Waals surface area contributed by atoms with Crippen molar-refractivity contribution in [2.24, 2.45) is 4.40 Å². The predicted octanol–water partition coefficient (Wildman–Crippen LogP) is 4.11. The molecule has 3 heteroatoms. The Bertz CT molecular complexity index is 483. The van der Waals surface area contributed by atoms with Crippen LogP contribution in [-0.4, -0.2) is 15.5 Å². The van der Waals surface area contributed by atoms with Gasteiger partial charge in [-0.2, -0.15) is 0 Å². The van der Waals surface area contributed by atoms with Crippen LogP contribution in [0.3, 0.4) is 0 Å². The summed E-state index contributed by atoms with van der Waals surface area (Å²) < 4.78 is 15.9. The third-order valence-corrected chi connectivity index (χ3v) is 5.20. The summed E-state index contributed by atoms with van der Waals surface area (Å²) in [5.74, 6) is 0. The smallest absolute Gasteiger partial charge is 0.144 e. The van der Waals surface area contributed by atoms with Gasteiger partial charge in [0.1, 0.15) is 16.1 Å². The highest BCUT2D eigenvalue weighted by Crippen LogP contribution is 2.25. The molecule has 0 spiro atoms. The molecule has 0 heterocycles. The molecular weight excluding hydrogens is 254 g/mol. The first kappa shape index (κ1) is 16.3. The van der Waals surface area contributed by atoms with Crippen LogP contribution >= 0.6 is 0 Å². The van der Waals surface area contributed by atoms with Gasteiger partial charge in [-0.1, -0.05) is 4.40 Å². The Morgan fingerprint density at radius 2 is 1.21 bits per heavy atom. The molecule has 1 aromatic carbocycles. The Labute approximate surface area is 120 Å². The molecule has 0 saturated carbocycles. The van der Waals surface area contributed by atoms with Crippen molar-refractivity contribution in [2.45, 2.75) is 60.1 Å². The maximum atomic E-state index is 12.0. The highest BCUT2D eigenvalue weighted by atomic mass is 32.2. The highest BCUT2D eigenvalue weighted by Gasteiger charge is 2.26. The molecule has 1 atom stereocenters. The summed E-state index contributed by atoms with van der Waals surface area (Å²) in [7, 11) is 0. The molecule has 2 nitrogen and oxygen atoms in total. The Kier molecular flexibility index (Phi) is 4.86. The number of hydrogen-bond donors (Lipinski definition) is 0. The zero-order chi connectivity index (χ0) is 15.0. The fraction of sp³-hybridized carbons (Fsp3) is 0.562. The van der Waals surface area contributed by atoms with Crippen LogP contribution in [0.4, 0.5) is 0 Å². The van der Waals surface area contributed by atoms with Crippen molar-refractivity contribution in [1.82, 2.24) is 0 Å². The molecule has 0 N–H and O–H groups in total. The molecule has 106 valence electrons. The minimum absolute atomic E-state index is 0.312. The van der Waals surface area contributed by atoms with Crippen molar-refractivity contribution in [1.29, 1.82) is 0 Å². The minimum atomic E-state index is -1.20. The van der Waals surface area contributed by atoms with Gasteiger partial charge in [-0.3, -0.25) is 0 Å². The monoisotopic (exact) mass is 279 g/mol. The second-order valence-electron chi connectivity index (χ2n) is 6.13. The van der Waals surface area contributed by atoms with E-state index in [0.717, 1.165) is 5.56 Å². The molecule has 0 aliphatic rings. The van der Waals surface area contributed by atoms with E-state index in [-0.39, 0.29) is 4.75 Å². The van der Waals surface area contributed by atoms with Gasteiger partial charge in [0.25, 0.3) is 0 Å². The molecule has 1 rings (SSSR count). The van der Waals surface area contributed by atoms with E-state index in [9.17, 15) is 4.55 Å². The van der Waals surface area contributed by atoms with Crippen molar-refractivity contribution in [2.75, 3.05) is 0 Å². The average Bonchev–Trinajstić information content (AvgIpc) is 2.32. The molecule has 0 radical (unpaired) electrons. The molecule has 0 unspecified atom stereocenters. The first-order chi connectivity index (χ1) is 8.57. The lowest BCUT2D eigenvalue weighted by Crippen LogP contribution is -2.26. The van der Waals surface area contributed by atoms with Gasteiger partial charge in [-0.05, 0) is 83.2 Å². The van der Waals surface area contributed by atoms with Crippen LogP contribution in [0.15, 0.2) is 4.40 Å². The minimum Gasteiger partial charge on any atom is -0.591 e. The Morgan fingerprint density at radius 3 is 1.58 bits per heavy atom. The van der Waals surface area contributed by atoms with Gasteiger partial charge in [-0.15, -0.1) is 0 Å². The molecule has 0 fully saturated rings. The standard InChI is InChI=1S/C16H25NOS/c1-10-11(2)13(4)15(14(5)12(10)3)9-17-19(18)16(6,7)8/h9H,1-8H3/b17-9+/t19-/m1/s1. The Hall–Kier alpha value is -0.800. The van der Waals surface area contributed by atoms with Crippen LogP contribution in [0.2, 0.25) is 0 Å². The van der Waals surface area contributed by atoms with E-state index in [4.69, 9.17) is 0 Å². The van der Waals surface area contributed by atoms with Gasteiger partial charge in [0.2, 0.25) is 0 Å². The first-order valence-corrected chi connectivity index (χ1v) is 7.71. The lowest BCUT2D eigenvalue weighted by atomic mass is 9.90. The van der Waals surface area contributed by atoms with Crippen LogP contribution < -0.4 is 0 Å². The third kappa shape index (κ3) is 3.40. The maximum Gasteiger partial charge on any atom is 0.144 e. The Morgan fingerprint density at radius 1 is 0.842 bits per heavy atom. The quantitative estimate of drug-likeness (QED) is 0.592. The van der Waals surface area contributed by atoms with Crippen molar-refractivity contribution in [3.8, 4) is 0 Å². The second-order valence-corrected chi connectivity index (χ2v) is 8.07. The van der Waals surface area contributed by atoms with Crippen LogP contribution in [0.5, 0.6) is 0 Å². The molecular formula is C16H25NOS. The van der Waals surface area contributed by atoms with Gasteiger partial charge in [0, 0.05) is 5.56 Å². The van der Waals surface area contributed by atoms with Crippen LogP contribution in [0.1, 0.15) is 54.2 Å². The van der Waals surface area contributed by atoms with Crippen molar-refractivity contribution < 1.29 is 4.55 Å². The largest absolute Gasteiger partial charge is 0.591 e. The number of hydrogen-bond acceptors (Lipinski definition) is 2. The van der Waals surface area contributed by atoms with Crippen LogP contribution in [-0.2, 0) is 11.4 Å². The van der Waals surface area contributed by atoms with Crippen LogP contribution in [0.25, 0.3) is 0 Å². The fourth-order valence-corrected chi connectivity index (χ4v) is 2.50. The molecule has 0 aliphatic carbocycles. The highest BCUT2D eigenvalue weighted by molar-refractivity contribution is 7.91. The average molecular weight is 279 g/mol. The summed E-state index contributed by atoms with van der Waals surface area (Å²) in [5.41, 5.74) is 7.50. The zero-order valence-corrected chi connectivity index (χ0v) is 14.2. The third-order valence-electron chi connectivity index (χ3n) is 3.86. The topological polar surface area (TPSA) is 35.4 Å². The van der Waals surface area contributed by atoms with Gasteiger partial charge < -0.3 is 4.55 Å². The summed E-state index contributed by atoms with van der Waals surface area (Å²) in [6.07, 6.45) is 1.78. The van der Waals surface area contributed by atoms with E-state index in [1.807, 2.05) is 20.8 Å². The Balaban J connectivity index is 3.27. The van der Waals surface area contributed by atoms with Gasteiger partial charge in [0.05, 0.1) is 6.21 Å². The van der Waals surface area contributed by atoms with E-state index in [0.29, 0.717) is 0 Å². The normalized spacial score (nSPS) is 14.2. The first-order valence-electron chi connectivity index (χ1n) is 6.60. The van der Waals surface area contributed by atoms with E-state index in [2.05, 4.69) is 39.0 Å². The van der Waals surface area contributed by atoms with Gasteiger partial charge >= 0.3 is 0 Å². The lowest BCUT2D eigenvalue weighted by Gasteiger charge is -2.19. The number of benzene rings is 1. The fourth-order valence-electron chi connectivity index (χ4n) is 1.98. The zero-order valence-electron chi connectivity index (χ0n) is 13.3.